The van der Waals surface area contributed by atoms with Crippen molar-refractivity contribution in [3.63, 3.8) is 0 Å². The van der Waals surface area contributed by atoms with E-state index < -0.39 is 0 Å². The third kappa shape index (κ3) is 3.44. The van der Waals surface area contributed by atoms with Crippen molar-refractivity contribution in [2.24, 2.45) is 0 Å². The molecule has 16 heavy (non-hydrogen) atoms. The fraction of sp³-hybridized carbons (Fsp3) is 1.00. The fourth-order valence-electron chi connectivity index (χ4n) is 2.80. The van der Waals surface area contributed by atoms with E-state index >= 15 is 0 Å². The van der Waals surface area contributed by atoms with Crippen LogP contribution < -0.4 is 0 Å². The molecule has 0 N–H and O–H groups in total. The Kier molecular flexibility index (Phi) is 5.07. The average molecular weight is 226 g/mol. The van der Waals surface area contributed by atoms with Crippen LogP contribution in [-0.2, 0) is 4.74 Å². The first kappa shape index (κ1) is 12.3. The molecule has 3 heteroatoms. The lowest BCUT2D eigenvalue weighted by Crippen LogP contribution is -2.50. The van der Waals surface area contributed by atoms with Crippen LogP contribution in [0.25, 0.3) is 0 Å². The van der Waals surface area contributed by atoms with E-state index in [-0.39, 0.29) is 0 Å². The Labute approximate surface area is 99.7 Å². The van der Waals surface area contributed by atoms with Crippen molar-refractivity contribution >= 4 is 0 Å². The summed E-state index contributed by atoms with van der Waals surface area (Å²) in [6, 6.07) is 0.851. The van der Waals surface area contributed by atoms with Gasteiger partial charge >= 0.3 is 0 Å². The van der Waals surface area contributed by atoms with Gasteiger partial charge in [0, 0.05) is 38.8 Å². The second-order valence-corrected chi connectivity index (χ2v) is 5.10. The molecule has 3 nitrogen and oxygen atoms in total. The van der Waals surface area contributed by atoms with Gasteiger partial charge in [0.05, 0.1) is 6.61 Å². The van der Waals surface area contributed by atoms with Crippen LogP contribution in [0.5, 0.6) is 0 Å². The van der Waals surface area contributed by atoms with Crippen LogP contribution in [0, 0.1) is 0 Å². The quantitative estimate of drug-likeness (QED) is 0.640. The van der Waals surface area contributed by atoms with Gasteiger partial charge in [-0.25, -0.2) is 0 Å². The van der Waals surface area contributed by atoms with Crippen LogP contribution in [0.3, 0.4) is 0 Å². The first-order valence-corrected chi connectivity index (χ1v) is 6.94. The van der Waals surface area contributed by atoms with E-state index in [9.17, 15) is 0 Å². The van der Waals surface area contributed by atoms with E-state index in [2.05, 4.69) is 16.7 Å². The monoisotopic (exact) mass is 226 g/mol. The summed E-state index contributed by atoms with van der Waals surface area (Å²) in [6.07, 6.45) is 5.26. The van der Waals surface area contributed by atoms with E-state index in [0.29, 0.717) is 0 Å². The van der Waals surface area contributed by atoms with Crippen LogP contribution in [0.4, 0.5) is 0 Å². The standard InChI is InChI=1S/C13H26N2O/c1-2-3-10-16-11-9-14-7-8-15-6-4-5-13(15)12-14/h13H,2-12H2,1H3. The van der Waals surface area contributed by atoms with Crippen LogP contribution in [0.1, 0.15) is 32.6 Å². The number of nitrogens with zero attached hydrogens (tertiary/aromatic N) is 2. The largest absolute Gasteiger partial charge is 0.380 e. The summed E-state index contributed by atoms with van der Waals surface area (Å²) in [4.78, 5) is 5.24. The molecule has 2 saturated heterocycles. The fourth-order valence-corrected chi connectivity index (χ4v) is 2.80. The Hall–Kier alpha value is -0.120. The number of piperazine rings is 1. The Bertz CT molecular complexity index is 198. The van der Waals surface area contributed by atoms with Crippen LogP contribution >= 0.6 is 0 Å². The summed E-state index contributed by atoms with van der Waals surface area (Å²) < 4.78 is 5.63. The zero-order valence-corrected chi connectivity index (χ0v) is 10.7. The van der Waals surface area contributed by atoms with Gasteiger partial charge in [0.25, 0.3) is 0 Å². The van der Waals surface area contributed by atoms with Gasteiger partial charge < -0.3 is 4.74 Å². The summed E-state index contributed by atoms with van der Waals surface area (Å²) >= 11 is 0. The van der Waals surface area contributed by atoms with Crippen molar-refractivity contribution in [2.45, 2.75) is 38.6 Å². The van der Waals surface area contributed by atoms with Crippen molar-refractivity contribution in [1.82, 2.24) is 9.80 Å². The molecule has 0 radical (unpaired) electrons. The number of hydrogen-bond acceptors (Lipinski definition) is 3. The normalized spacial score (nSPS) is 27.2. The highest BCUT2D eigenvalue weighted by atomic mass is 16.5. The first-order chi connectivity index (χ1) is 7.90. The zero-order valence-electron chi connectivity index (χ0n) is 10.7. The summed E-state index contributed by atoms with van der Waals surface area (Å²) in [5.41, 5.74) is 0. The summed E-state index contributed by atoms with van der Waals surface area (Å²) in [6.45, 7) is 10.3. The van der Waals surface area contributed by atoms with Gasteiger partial charge in [-0.2, -0.15) is 0 Å². The molecule has 2 fully saturated rings. The number of fused-ring (bicyclic) bond motifs is 1. The minimum Gasteiger partial charge on any atom is -0.380 e. The average Bonchev–Trinajstić information content (AvgIpc) is 2.76. The molecule has 2 aliphatic heterocycles. The van der Waals surface area contributed by atoms with Crippen LogP contribution in [0.15, 0.2) is 0 Å². The highest BCUT2D eigenvalue weighted by molar-refractivity contribution is 4.86. The maximum Gasteiger partial charge on any atom is 0.0593 e. The van der Waals surface area contributed by atoms with Gasteiger partial charge in [0.2, 0.25) is 0 Å². The predicted molar refractivity (Wildman–Crippen MR) is 66.8 cm³/mol. The first-order valence-electron chi connectivity index (χ1n) is 6.94. The van der Waals surface area contributed by atoms with Gasteiger partial charge in [-0.3, -0.25) is 9.80 Å². The zero-order chi connectivity index (χ0) is 11.2. The Morgan fingerprint density at radius 2 is 2.12 bits per heavy atom. The molecule has 1 unspecified atom stereocenters. The van der Waals surface area contributed by atoms with Crippen molar-refractivity contribution in [3.8, 4) is 0 Å². The maximum absolute atomic E-state index is 5.63. The minimum atomic E-state index is 0.851. The molecule has 94 valence electrons. The smallest absolute Gasteiger partial charge is 0.0593 e. The second kappa shape index (κ2) is 6.58. The Morgan fingerprint density at radius 1 is 1.19 bits per heavy atom. The molecule has 2 heterocycles. The molecular formula is C13H26N2O. The number of unbranched alkanes of at least 4 members (excludes halogenated alkanes) is 1. The van der Waals surface area contributed by atoms with E-state index in [1.807, 2.05) is 0 Å². The Morgan fingerprint density at radius 3 is 3.00 bits per heavy atom. The number of hydrogen-bond donors (Lipinski definition) is 0. The van der Waals surface area contributed by atoms with Crippen molar-refractivity contribution in [3.05, 3.63) is 0 Å². The van der Waals surface area contributed by atoms with E-state index in [0.717, 1.165) is 25.8 Å². The Balaban J connectivity index is 1.56. The lowest BCUT2D eigenvalue weighted by molar-refractivity contribution is 0.0611. The number of ether oxygens (including phenoxy) is 1. The number of rotatable bonds is 6. The molecule has 0 bridgehead atoms. The van der Waals surface area contributed by atoms with Crippen molar-refractivity contribution in [1.29, 1.82) is 0 Å². The van der Waals surface area contributed by atoms with E-state index in [1.54, 1.807) is 0 Å². The molecule has 2 aliphatic rings. The molecule has 0 aliphatic carbocycles. The lowest BCUT2D eigenvalue weighted by Gasteiger charge is -2.37. The second-order valence-electron chi connectivity index (χ2n) is 5.10. The van der Waals surface area contributed by atoms with Crippen LogP contribution in [0.2, 0.25) is 0 Å². The molecule has 1 atom stereocenters. The minimum absolute atomic E-state index is 0.851. The SMILES string of the molecule is CCCCOCCN1CCN2CCCC2C1. The molecule has 0 amide bonds. The third-order valence-electron chi connectivity index (χ3n) is 3.87. The highest BCUT2D eigenvalue weighted by Crippen LogP contribution is 2.20. The topological polar surface area (TPSA) is 15.7 Å². The molecule has 0 aromatic heterocycles. The van der Waals surface area contributed by atoms with Gasteiger partial charge in [0.1, 0.15) is 0 Å². The molecule has 0 saturated carbocycles. The van der Waals surface area contributed by atoms with Gasteiger partial charge in [-0.05, 0) is 25.8 Å². The molecular weight excluding hydrogens is 200 g/mol. The molecule has 0 spiro atoms. The van der Waals surface area contributed by atoms with Gasteiger partial charge in [-0.15, -0.1) is 0 Å². The predicted octanol–water partition coefficient (Wildman–Crippen LogP) is 1.58. The van der Waals surface area contributed by atoms with Gasteiger partial charge in [0.15, 0.2) is 0 Å². The van der Waals surface area contributed by atoms with Crippen molar-refractivity contribution < 1.29 is 4.74 Å². The summed E-state index contributed by atoms with van der Waals surface area (Å²) in [5, 5.41) is 0. The maximum atomic E-state index is 5.63. The molecule has 0 aromatic carbocycles. The molecule has 2 rings (SSSR count). The van der Waals surface area contributed by atoms with Crippen molar-refractivity contribution in [2.75, 3.05) is 45.9 Å². The lowest BCUT2D eigenvalue weighted by atomic mass is 10.1. The van der Waals surface area contributed by atoms with E-state index in [1.165, 1.54) is 51.9 Å². The third-order valence-corrected chi connectivity index (χ3v) is 3.87. The summed E-state index contributed by atoms with van der Waals surface area (Å²) in [7, 11) is 0. The van der Waals surface area contributed by atoms with Gasteiger partial charge in [-0.1, -0.05) is 13.3 Å². The molecule has 0 aromatic rings. The van der Waals surface area contributed by atoms with E-state index in [4.69, 9.17) is 4.74 Å². The van der Waals surface area contributed by atoms with Crippen LogP contribution in [-0.4, -0.2) is 61.8 Å². The summed E-state index contributed by atoms with van der Waals surface area (Å²) in [5.74, 6) is 0. The highest BCUT2D eigenvalue weighted by Gasteiger charge is 2.29.